The SMILES string of the molecule is COc1ccc(Cc2nn3c(=O)/c(=C4\C(=O)N(C)c5ccccc54)sc3nc2=O)cc1OC. The highest BCUT2D eigenvalue weighted by molar-refractivity contribution is 7.15. The van der Waals surface area contributed by atoms with Crippen LogP contribution in [0.5, 0.6) is 11.5 Å². The maximum atomic E-state index is 13.2. The van der Waals surface area contributed by atoms with Crippen molar-refractivity contribution >= 4 is 33.5 Å². The highest BCUT2D eigenvalue weighted by Gasteiger charge is 2.31. The molecule has 1 aliphatic rings. The van der Waals surface area contributed by atoms with Gasteiger partial charge in [-0.1, -0.05) is 35.6 Å². The molecule has 4 aromatic rings. The summed E-state index contributed by atoms with van der Waals surface area (Å²) in [4.78, 5) is 44.5. The highest BCUT2D eigenvalue weighted by Crippen LogP contribution is 2.33. The van der Waals surface area contributed by atoms with Crippen molar-refractivity contribution in [3.8, 4) is 11.5 Å². The maximum Gasteiger partial charge on any atom is 0.296 e. The highest BCUT2D eigenvalue weighted by atomic mass is 32.1. The van der Waals surface area contributed by atoms with E-state index in [2.05, 4.69) is 10.1 Å². The van der Waals surface area contributed by atoms with Crippen molar-refractivity contribution in [2.24, 2.45) is 0 Å². The van der Waals surface area contributed by atoms with Gasteiger partial charge in [-0.25, -0.2) is 0 Å². The summed E-state index contributed by atoms with van der Waals surface area (Å²) in [5.74, 6) is 0.797. The average molecular weight is 462 g/mol. The third kappa shape index (κ3) is 3.26. The molecule has 1 aliphatic heterocycles. The topological polar surface area (TPSA) is 103 Å². The number of ether oxygens (including phenoxy) is 2. The van der Waals surface area contributed by atoms with Gasteiger partial charge >= 0.3 is 0 Å². The third-order valence-electron chi connectivity index (χ3n) is 5.53. The Morgan fingerprint density at radius 2 is 1.76 bits per heavy atom. The fourth-order valence-corrected chi connectivity index (χ4v) is 4.87. The molecule has 2 aromatic heterocycles. The summed E-state index contributed by atoms with van der Waals surface area (Å²) in [6, 6.07) is 12.5. The van der Waals surface area contributed by atoms with Crippen molar-refractivity contribution < 1.29 is 14.3 Å². The van der Waals surface area contributed by atoms with E-state index in [1.807, 2.05) is 18.2 Å². The first-order chi connectivity index (χ1) is 15.9. The minimum Gasteiger partial charge on any atom is -0.493 e. The maximum absolute atomic E-state index is 13.2. The number of thiazole rings is 1. The van der Waals surface area contributed by atoms with Crippen molar-refractivity contribution in [1.29, 1.82) is 0 Å². The lowest BCUT2D eigenvalue weighted by atomic mass is 10.1. The number of carbonyl (C=O) groups excluding carboxylic acids is 1. The number of nitrogens with zero attached hydrogens (tertiary/aromatic N) is 4. The second-order valence-electron chi connectivity index (χ2n) is 7.42. The smallest absolute Gasteiger partial charge is 0.296 e. The molecule has 0 unspecified atom stereocenters. The molecule has 0 saturated carbocycles. The predicted molar refractivity (Wildman–Crippen MR) is 123 cm³/mol. The van der Waals surface area contributed by atoms with Gasteiger partial charge in [-0.3, -0.25) is 14.4 Å². The number of para-hydroxylation sites is 1. The molecule has 1 amide bonds. The molecule has 5 rings (SSSR count). The van der Waals surface area contributed by atoms with Crippen LogP contribution in [-0.2, 0) is 11.2 Å². The number of aromatic nitrogens is 3. The van der Waals surface area contributed by atoms with Gasteiger partial charge in [-0.05, 0) is 23.8 Å². The first-order valence-electron chi connectivity index (χ1n) is 9.98. The Balaban J connectivity index is 1.66. The van der Waals surface area contributed by atoms with Crippen LogP contribution in [0.15, 0.2) is 52.1 Å². The van der Waals surface area contributed by atoms with Crippen LogP contribution in [0, 0.1) is 0 Å². The molecular formula is C23H18N4O5S. The molecule has 10 heteroatoms. The predicted octanol–water partition coefficient (Wildman–Crippen LogP) is 1.01. The standard InChI is InChI=1S/C23H18N4O5S/c1-26-15-7-5-4-6-13(15)18(21(26)29)19-22(30)27-23(33-19)24-20(28)14(25-27)10-12-8-9-16(31-2)17(11-12)32-3/h4-9,11H,10H2,1-3H3/b19-18+. The molecule has 0 N–H and O–H groups in total. The number of benzene rings is 2. The van der Waals surface area contributed by atoms with Crippen LogP contribution in [0.4, 0.5) is 5.69 Å². The first-order valence-corrected chi connectivity index (χ1v) is 10.8. The summed E-state index contributed by atoms with van der Waals surface area (Å²) in [6.07, 6.45) is 0.154. The van der Waals surface area contributed by atoms with Gasteiger partial charge in [0.05, 0.1) is 25.5 Å². The Hall–Kier alpha value is -4.05. The van der Waals surface area contributed by atoms with E-state index in [0.717, 1.165) is 27.1 Å². The number of anilines is 1. The first kappa shape index (κ1) is 20.8. The number of likely N-dealkylation sites (N-methyl/N-ethyl adjacent to an activating group) is 1. The number of amides is 1. The van der Waals surface area contributed by atoms with E-state index >= 15 is 0 Å². The van der Waals surface area contributed by atoms with E-state index in [1.165, 1.54) is 19.1 Å². The fraction of sp³-hybridized carbons (Fsp3) is 0.174. The third-order valence-corrected chi connectivity index (χ3v) is 6.56. The van der Waals surface area contributed by atoms with Gasteiger partial charge in [0.1, 0.15) is 10.2 Å². The molecule has 33 heavy (non-hydrogen) atoms. The van der Waals surface area contributed by atoms with Gasteiger partial charge in [-0.2, -0.15) is 14.6 Å². The number of methoxy groups -OCH3 is 2. The number of hydrogen-bond acceptors (Lipinski definition) is 8. The van der Waals surface area contributed by atoms with Gasteiger partial charge in [0.15, 0.2) is 11.5 Å². The van der Waals surface area contributed by atoms with Crippen molar-refractivity contribution in [3.05, 3.63) is 84.5 Å². The molecule has 0 spiro atoms. The van der Waals surface area contributed by atoms with Crippen molar-refractivity contribution in [2.45, 2.75) is 6.42 Å². The summed E-state index contributed by atoms with van der Waals surface area (Å²) in [7, 11) is 4.72. The molecule has 0 bridgehead atoms. The summed E-state index contributed by atoms with van der Waals surface area (Å²) >= 11 is 0.986. The number of hydrogen-bond donors (Lipinski definition) is 0. The fourth-order valence-electron chi connectivity index (χ4n) is 3.88. The molecule has 0 radical (unpaired) electrons. The zero-order chi connectivity index (χ0) is 23.3. The van der Waals surface area contributed by atoms with Crippen LogP contribution in [-0.4, -0.2) is 41.8 Å². The monoisotopic (exact) mass is 462 g/mol. The van der Waals surface area contributed by atoms with Crippen molar-refractivity contribution in [3.63, 3.8) is 0 Å². The van der Waals surface area contributed by atoms with Crippen LogP contribution >= 0.6 is 11.3 Å². The Kier molecular flexibility index (Phi) is 4.94. The summed E-state index contributed by atoms with van der Waals surface area (Å²) in [6.45, 7) is 0. The number of rotatable bonds is 4. The lowest BCUT2D eigenvalue weighted by molar-refractivity contribution is -0.112. The largest absolute Gasteiger partial charge is 0.493 e. The van der Waals surface area contributed by atoms with Gasteiger partial charge < -0.3 is 14.4 Å². The minimum absolute atomic E-state index is 0.112. The average Bonchev–Trinajstić information content (AvgIpc) is 3.26. The Bertz CT molecular complexity index is 1610. The van der Waals surface area contributed by atoms with E-state index in [4.69, 9.17) is 9.47 Å². The summed E-state index contributed by atoms with van der Waals surface area (Å²) in [5.41, 5.74) is 1.53. The van der Waals surface area contributed by atoms with Gasteiger partial charge in [0.2, 0.25) is 4.96 Å². The molecule has 9 nitrogen and oxygen atoms in total. The number of carbonyl (C=O) groups is 1. The molecule has 3 heterocycles. The molecule has 0 aliphatic carbocycles. The van der Waals surface area contributed by atoms with Crippen molar-refractivity contribution in [1.82, 2.24) is 14.6 Å². The Morgan fingerprint density at radius 1 is 1.00 bits per heavy atom. The van der Waals surface area contributed by atoms with Crippen LogP contribution in [0.1, 0.15) is 16.8 Å². The van der Waals surface area contributed by atoms with E-state index in [-0.39, 0.29) is 27.5 Å². The van der Waals surface area contributed by atoms with Gasteiger partial charge in [-0.15, -0.1) is 0 Å². The lowest BCUT2D eigenvalue weighted by Gasteiger charge is -2.09. The van der Waals surface area contributed by atoms with Gasteiger partial charge in [0, 0.05) is 19.0 Å². The zero-order valence-corrected chi connectivity index (χ0v) is 18.8. The molecule has 2 aromatic carbocycles. The van der Waals surface area contributed by atoms with Crippen molar-refractivity contribution in [2.75, 3.05) is 26.2 Å². The Morgan fingerprint density at radius 3 is 2.52 bits per heavy atom. The quantitative estimate of drug-likeness (QED) is 0.446. The summed E-state index contributed by atoms with van der Waals surface area (Å²) in [5, 5.41) is 4.29. The van der Waals surface area contributed by atoms with Crippen LogP contribution in [0.2, 0.25) is 0 Å². The van der Waals surface area contributed by atoms with E-state index in [0.29, 0.717) is 22.6 Å². The molecule has 0 saturated heterocycles. The van der Waals surface area contributed by atoms with Crippen LogP contribution in [0.3, 0.4) is 0 Å². The second-order valence-corrected chi connectivity index (χ2v) is 8.39. The van der Waals surface area contributed by atoms with E-state index in [1.54, 1.807) is 31.3 Å². The van der Waals surface area contributed by atoms with E-state index in [9.17, 15) is 14.4 Å². The van der Waals surface area contributed by atoms with Crippen LogP contribution in [0.25, 0.3) is 10.5 Å². The zero-order valence-electron chi connectivity index (χ0n) is 18.0. The lowest BCUT2D eigenvalue weighted by Crippen LogP contribution is -2.32. The second kappa shape index (κ2) is 7.82. The van der Waals surface area contributed by atoms with E-state index < -0.39 is 11.1 Å². The normalized spacial score (nSPS) is 14.6. The molecule has 166 valence electrons. The minimum atomic E-state index is -0.530. The van der Waals surface area contributed by atoms with Crippen LogP contribution < -0.4 is 30.0 Å². The molecule has 0 atom stereocenters. The molecule has 0 fully saturated rings. The number of fused-ring (bicyclic) bond motifs is 2. The Labute approximate surface area is 191 Å². The van der Waals surface area contributed by atoms with Gasteiger partial charge in [0.25, 0.3) is 17.0 Å². The summed E-state index contributed by atoms with van der Waals surface area (Å²) < 4.78 is 11.9. The molecular weight excluding hydrogens is 444 g/mol.